The zero-order valence-corrected chi connectivity index (χ0v) is 16.4. The molecule has 1 N–H and O–H groups in total. The summed E-state index contributed by atoms with van der Waals surface area (Å²) in [6.45, 7) is 1.70. The van der Waals surface area contributed by atoms with Gasteiger partial charge in [0.2, 0.25) is 0 Å². The molecule has 5 heteroatoms. The van der Waals surface area contributed by atoms with E-state index in [0.717, 1.165) is 36.1 Å². The number of furan rings is 1. The van der Waals surface area contributed by atoms with Crippen LogP contribution < -0.4 is 10.1 Å². The van der Waals surface area contributed by atoms with Gasteiger partial charge in [0.05, 0.1) is 12.7 Å². The maximum Gasteiger partial charge on any atom is 0.255 e. The van der Waals surface area contributed by atoms with Gasteiger partial charge in [-0.2, -0.15) is 0 Å². The molecule has 0 aliphatic carbocycles. The molecule has 1 amide bonds. The van der Waals surface area contributed by atoms with Crippen molar-refractivity contribution in [1.82, 2.24) is 10.2 Å². The third-order valence-electron chi connectivity index (χ3n) is 5.71. The lowest BCUT2D eigenvalue weighted by Crippen LogP contribution is -2.41. The van der Waals surface area contributed by atoms with Crippen molar-refractivity contribution in [3.8, 4) is 5.75 Å². The molecule has 0 bridgehead atoms. The molecule has 0 spiro atoms. The second kappa shape index (κ2) is 8.07. The van der Waals surface area contributed by atoms with Crippen LogP contribution in [0.1, 0.15) is 34.8 Å². The Morgan fingerprint density at radius 1 is 1.21 bits per heavy atom. The zero-order chi connectivity index (χ0) is 19.5. The Kier molecular flexibility index (Phi) is 5.35. The molecule has 1 aliphatic rings. The molecule has 1 aliphatic heterocycles. The lowest BCUT2D eigenvalue weighted by atomic mass is 9.85. The first kappa shape index (κ1) is 18.6. The Balaban J connectivity index is 1.49. The van der Waals surface area contributed by atoms with Gasteiger partial charge < -0.3 is 14.5 Å². The van der Waals surface area contributed by atoms with Crippen LogP contribution in [0.2, 0.25) is 0 Å². The van der Waals surface area contributed by atoms with E-state index < -0.39 is 0 Å². The summed E-state index contributed by atoms with van der Waals surface area (Å²) in [5.41, 5.74) is 2.60. The Bertz CT molecular complexity index is 948. The molecule has 2 atom stereocenters. The van der Waals surface area contributed by atoms with Crippen molar-refractivity contribution in [1.29, 1.82) is 0 Å². The summed E-state index contributed by atoms with van der Waals surface area (Å²) in [7, 11) is 3.84. The van der Waals surface area contributed by atoms with Gasteiger partial charge >= 0.3 is 0 Å². The summed E-state index contributed by atoms with van der Waals surface area (Å²) >= 11 is 0. The Hall–Kier alpha value is -2.79. The van der Waals surface area contributed by atoms with Gasteiger partial charge in [-0.05, 0) is 56.1 Å². The highest BCUT2D eigenvalue weighted by molar-refractivity contribution is 6.05. The quantitative estimate of drug-likeness (QED) is 0.721. The summed E-state index contributed by atoms with van der Waals surface area (Å²) in [5.74, 6) is 1.14. The van der Waals surface area contributed by atoms with Crippen molar-refractivity contribution >= 4 is 16.9 Å². The Morgan fingerprint density at radius 2 is 2.00 bits per heavy atom. The second-order valence-corrected chi connectivity index (χ2v) is 7.46. The number of nitrogens with one attached hydrogen (secondary N) is 1. The van der Waals surface area contributed by atoms with Gasteiger partial charge in [-0.3, -0.25) is 9.69 Å². The monoisotopic (exact) mass is 378 g/mol. The molecular formula is C23H26N2O3. The number of hydrogen-bond donors (Lipinski definition) is 1. The molecule has 0 saturated carbocycles. The van der Waals surface area contributed by atoms with Crippen LogP contribution in [0.3, 0.4) is 0 Å². The predicted octanol–water partition coefficient (Wildman–Crippen LogP) is 4.25. The summed E-state index contributed by atoms with van der Waals surface area (Å²) in [6, 6.07) is 16.2. The first-order chi connectivity index (χ1) is 13.7. The minimum absolute atomic E-state index is 0.0772. The van der Waals surface area contributed by atoms with E-state index in [-0.39, 0.29) is 11.9 Å². The normalized spacial score (nSPS) is 20.2. The standard InChI is InChI=1S/C23H26N2O3/c1-25-13-5-6-17(22(25)16-9-11-18(27-2)12-10-16)14-24-23(26)20-15-28-21-8-4-3-7-19(20)21/h3-4,7-12,15,17,22H,5-6,13-14H2,1-2H3,(H,24,26). The number of hydrogen-bond acceptors (Lipinski definition) is 4. The van der Waals surface area contributed by atoms with Crippen molar-refractivity contribution in [2.45, 2.75) is 18.9 Å². The fraction of sp³-hybridized carbons (Fsp3) is 0.348. The van der Waals surface area contributed by atoms with Crippen molar-refractivity contribution in [3.05, 3.63) is 65.9 Å². The van der Waals surface area contributed by atoms with E-state index in [4.69, 9.17) is 9.15 Å². The van der Waals surface area contributed by atoms with Crippen molar-refractivity contribution in [3.63, 3.8) is 0 Å². The molecule has 146 valence electrons. The van der Waals surface area contributed by atoms with Crippen LogP contribution in [0.4, 0.5) is 0 Å². The van der Waals surface area contributed by atoms with Gasteiger partial charge in [-0.15, -0.1) is 0 Å². The first-order valence-corrected chi connectivity index (χ1v) is 9.76. The minimum atomic E-state index is -0.0772. The Labute approximate surface area is 165 Å². The number of methoxy groups -OCH3 is 1. The van der Waals surface area contributed by atoms with E-state index >= 15 is 0 Å². The van der Waals surface area contributed by atoms with Crippen LogP contribution in [0.5, 0.6) is 5.75 Å². The molecule has 1 aromatic heterocycles. The van der Waals surface area contributed by atoms with Gasteiger partial charge in [0.15, 0.2) is 0 Å². The number of amides is 1. The number of nitrogens with zero attached hydrogens (tertiary/aromatic N) is 1. The molecular weight excluding hydrogens is 352 g/mol. The fourth-order valence-corrected chi connectivity index (χ4v) is 4.27. The summed E-state index contributed by atoms with van der Waals surface area (Å²) in [6.07, 6.45) is 3.78. The molecule has 2 heterocycles. The van der Waals surface area contributed by atoms with Crippen LogP contribution in [-0.4, -0.2) is 38.1 Å². The van der Waals surface area contributed by atoms with E-state index in [1.165, 1.54) is 5.56 Å². The van der Waals surface area contributed by atoms with Crippen molar-refractivity contribution < 1.29 is 13.9 Å². The zero-order valence-electron chi connectivity index (χ0n) is 16.4. The highest BCUT2D eigenvalue weighted by atomic mass is 16.5. The highest BCUT2D eigenvalue weighted by Crippen LogP contribution is 2.35. The molecule has 1 fully saturated rings. The third-order valence-corrected chi connectivity index (χ3v) is 5.71. The number of carbonyl (C=O) groups is 1. The molecule has 1 saturated heterocycles. The van der Waals surface area contributed by atoms with E-state index in [2.05, 4.69) is 29.4 Å². The number of carbonyl (C=O) groups excluding carboxylic acids is 1. The molecule has 0 radical (unpaired) electrons. The van der Waals surface area contributed by atoms with Crippen LogP contribution in [-0.2, 0) is 0 Å². The van der Waals surface area contributed by atoms with E-state index in [9.17, 15) is 4.79 Å². The van der Waals surface area contributed by atoms with E-state index in [1.54, 1.807) is 13.4 Å². The fourth-order valence-electron chi connectivity index (χ4n) is 4.27. The molecule has 2 unspecified atom stereocenters. The predicted molar refractivity (Wildman–Crippen MR) is 110 cm³/mol. The van der Waals surface area contributed by atoms with Gasteiger partial charge in [0.1, 0.15) is 17.6 Å². The Morgan fingerprint density at radius 3 is 2.79 bits per heavy atom. The lowest BCUT2D eigenvalue weighted by Gasteiger charge is -2.39. The van der Waals surface area contributed by atoms with Crippen LogP contribution in [0, 0.1) is 5.92 Å². The summed E-state index contributed by atoms with van der Waals surface area (Å²) < 4.78 is 10.8. The number of fused-ring (bicyclic) bond motifs is 1. The smallest absolute Gasteiger partial charge is 0.255 e. The van der Waals surface area contributed by atoms with Gasteiger partial charge in [-0.1, -0.05) is 30.3 Å². The average molecular weight is 378 g/mol. The van der Waals surface area contributed by atoms with Crippen LogP contribution in [0.25, 0.3) is 11.0 Å². The topological polar surface area (TPSA) is 54.7 Å². The first-order valence-electron chi connectivity index (χ1n) is 9.76. The molecule has 5 nitrogen and oxygen atoms in total. The number of piperidine rings is 1. The minimum Gasteiger partial charge on any atom is -0.497 e. The van der Waals surface area contributed by atoms with Gasteiger partial charge in [0.25, 0.3) is 5.91 Å². The van der Waals surface area contributed by atoms with Gasteiger partial charge in [0, 0.05) is 18.0 Å². The van der Waals surface area contributed by atoms with Crippen LogP contribution >= 0.6 is 0 Å². The molecule has 2 aromatic carbocycles. The number of likely N-dealkylation sites (tertiary alicyclic amines) is 1. The van der Waals surface area contributed by atoms with Crippen molar-refractivity contribution in [2.24, 2.45) is 5.92 Å². The molecule has 4 rings (SSSR count). The largest absolute Gasteiger partial charge is 0.497 e. The van der Waals surface area contributed by atoms with E-state index in [0.29, 0.717) is 18.0 Å². The van der Waals surface area contributed by atoms with Crippen LogP contribution in [0.15, 0.2) is 59.2 Å². The molecule has 3 aromatic rings. The summed E-state index contributed by atoms with van der Waals surface area (Å²) in [5, 5.41) is 3.99. The van der Waals surface area contributed by atoms with Gasteiger partial charge in [-0.25, -0.2) is 0 Å². The maximum atomic E-state index is 12.8. The lowest BCUT2D eigenvalue weighted by molar-refractivity contribution is 0.0892. The average Bonchev–Trinajstić information content (AvgIpc) is 3.16. The van der Waals surface area contributed by atoms with E-state index in [1.807, 2.05) is 36.4 Å². The highest BCUT2D eigenvalue weighted by Gasteiger charge is 2.31. The molecule has 28 heavy (non-hydrogen) atoms. The number of ether oxygens (including phenoxy) is 1. The number of benzene rings is 2. The third kappa shape index (κ3) is 3.62. The maximum absolute atomic E-state index is 12.8. The van der Waals surface area contributed by atoms with Crippen molar-refractivity contribution in [2.75, 3.05) is 27.2 Å². The SMILES string of the molecule is COc1ccc(C2C(CNC(=O)c3coc4ccccc34)CCCN2C)cc1. The second-order valence-electron chi connectivity index (χ2n) is 7.46. The number of para-hydroxylation sites is 1. The summed E-state index contributed by atoms with van der Waals surface area (Å²) in [4.78, 5) is 15.2. The number of rotatable bonds is 5.